The summed E-state index contributed by atoms with van der Waals surface area (Å²) in [6.07, 6.45) is 3.05. The molecule has 0 atom stereocenters. The molecule has 0 saturated carbocycles. The largest absolute Gasteiger partial charge is 0.512 e. The van der Waals surface area contributed by atoms with Gasteiger partial charge in [0.25, 0.3) is 0 Å². The van der Waals surface area contributed by atoms with Gasteiger partial charge >= 0.3 is 0 Å². The molecule has 1 aliphatic carbocycles. The molecule has 0 aliphatic heterocycles. The average Bonchev–Trinajstić information content (AvgIpc) is 3.11. The van der Waals surface area contributed by atoms with E-state index in [9.17, 15) is 4.79 Å². The van der Waals surface area contributed by atoms with E-state index in [-0.39, 0.29) is 37.1 Å². The molecule has 0 saturated heterocycles. The zero-order valence-electron chi connectivity index (χ0n) is 20.3. The quantitative estimate of drug-likeness (QED) is 0.133. The Labute approximate surface area is 220 Å². The molecule has 1 aliphatic rings. The van der Waals surface area contributed by atoms with Gasteiger partial charge in [-0.1, -0.05) is 71.3 Å². The van der Waals surface area contributed by atoms with Gasteiger partial charge in [-0.05, 0) is 50.6 Å². The topological polar surface area (TPSA) is 50.2 Å². The first-order valence-electron chi connectivity index (χ1n) is 11.3. The van der Waals surface area contributed by atoms with E-state index in [1.165, 1.54) is 53.3 Å². The van der Waals surface area contributed by atoms with Crippen LogP contribution in [0.3, 0.4) is 0 Å². The van der Waals surface area contributed by atoms with Crippen molar-refractivity contribution in [1.82, 2.24) is 4.98 Å². The third-order valence-corrected chi connectivity index (χ3v) is 6.09. The van der Waals surface area contributed by atoms with Crippen molar-refractivity contribution < 1.29 is 30.0 Å². The van der Waals surface area contributed by atoms with Crippen molar-refractivity contribution in [1.29, 1.82) is 0 Å². The average molecular weight is 639 g/mol. The first-order valence-corrected chi connectivity index (χ1v) is 11.3. The number of aryl methyl sites for hydroxylation is 2. The van der Waals surface area contributed by atoms with Crippen molar-refractivity contribution in [3.63, 3.8) is 0 Å². The molecular weight excluding hydrogens is 611 g/mol. The van der Waals surface area contributed by atoms with Gasteiger partial charge in [-0.25, -0.2) is 0 Å². The molecule has 1 aromatic heterocycles. The molecule has 1 N–H and O–H groups in total. The van der Waals surface area contributed by atoms with Crippen LogP contribution in [0, 0.1) is 19.9 Å². The Kier molecular flexibility index (Phi) is 8.22. The molecule has 179 valence electrons. The van der Waals surface area contributed by atoms with Gasteiger partial charge in [-0.2, -0.15) is 0 Å². The summed E-state index contributed by atoms with van der Waals surface area (Å²) in [5.41, 5.74) is 9.33. The van der Waals surface area contributed by atoms with E-state index in [4.69, 9.17) is 10.1 Å². The number of ketones is 1. The second kappa shape index (κ2) is 10.9. The fourth-order valence-corrected chi connectivity index (χ4v) is 4.69. The van der Waals surface area contributed by atoms with Crippen LogP contribution >= 0.6 is 0 Å². The van der Waals surface area contributed by atoms with Crippen LogP contribution in [0.5, 0.6) is 0 Å². The number of hydrogen-bond acceptors (Lipinski definition) is 3. The van der Waals surface area contributed by atoms with Crippen LogP contribution in [0.25, 0.3) is 11.3 Å². The molecule has 3 nitrogen and oxygen atoms in total. The van der Waals surface area contributed by atoms with Gasteiger partial charge in [0.15, 0.2) is 5.78 Å². The third kappa shape index (κ3) is 5.05. The number of hydrogen-bond donors (Lipinski definition) is 1. The van der Waals surface area contributed by atoms with Crippen LogP contribution in [0.2, 0.25) is 0 Å². The molecule has 4 aromatic rings. The van der Waals surface area contributed by atoms with Gasteiger partial charge in [0.1, 0.15) is 0 Å². The Morgan fingerprint density at radius 1 is 0.857 bits per heavy atom. The first kappa shape index (κ1) is 26.3. The van der Waals surface area contributed by atoms with Crippen LogP contribution in [0.4, 0.5) is 0 Å². The van der Waals surface area contributed by atoms with Crippen LogP contribution in [0.15, 0.2) is 96.9 Å². The molecule has 1 heterocycles. The number of aliphatic hydroxyl groups excluding tert-OH is 1. The van der Waals surface area contributed by atoms with Crippen molar-refractivity contribution in [3.05, 3.63) is 136 Å². The minimum absolute atomic E-state index is 0. The van der Waals surface area contributed by atoms with Crippen molar-refractivity contribution in [2.45, 2.75) is 33.1 Å². The summed E-state index contributed by atoms with van der Waals surface area (Å²) >= 11 is 0. The van der Waals surface area contributed by atoms with Crippen molar-refractivity contribution in [2.24, 2.45) is 0 Å². The number of carbonyl (C=O) groups is 1. The predicted octanol–water partition coefficient (Wildman–Crippen LogP) is 6.90. The number of nitrogens with zero attached hydrogens (tertiary/aromatic N) is 1. The second-order valence-corrected chi connectivity index (χ2v) is 8.74. The Hall–Kier alpha value is -3.33. The molecule has 3 aromatic carbocycles. The number of pyridine rings is 1. The van der Waals surface area contributed by atoms with E-state index in [2.05, 4.69) is 86.6 Å². The second-order valence-electron chi connectivity index (χ2n) is 8.74. The van der Waals surface area contributed by atoms with Gasteiger partial charge in [-0.15, -0.1) is 35.4 Å². The van der Waals surface area contributed by atoms with Crippen molar-refractivity contribution in [3.8, 4) is 11.3 Å². The van der Waals surface area contributed by atoms with Gasteiger partial charge in [-0.3, -0.25) is 4.79 Å². The monoisotopic (exact) mass is 639 g/mol. The van der Waals surface area contributed by atoms with Crippen LogP contribution in [0.1, 0.15) is 47.2 Å². The molecule has 1 radical (unpaired) electrons. The molecule has 0 fully saturated rings. The minimum Gasteiger partial charge on any atom is -0.512 e. The number of fused-ring (bicyclic) bond motifs is 3. The maximum atomic E-state index is 10.0. The number of aliphatic hydroxyl groups is 1. The van der Waals surface area contributed by atoms with E-state index in [1.807, 2.05) is 18.3 Å². The molecule has 0 unspecified atom stereocenters. The molecule has 5 rings (SSSR count). The Morgan fingerprint density at radius 3 is 1.89 bits per heavy atom. The van der Waals surface area contributed by atoms with E-state index in [1.54, 1.807) is 0 Å². The number of rotatable bonds is 3. The summed E-state index contributed by atoms with van der Waals surface area (Å²) in [5, 5.41) is 8.36. The smallest absolute Gasteiger partial charge is 0.155 e. The SMILES string of the molecule is CC(=O)/C=C(/C)O.Cc1ccc(C2(c3ccc(C)cc3)c3ccc[c-]c3-c3ncccc32)cc1.[Ir]. The van der Waals surface area contributed by atoms with Gasteiger partial charge in [0, 0.05) is 37.8 Å². The zero-order chi connectivity index (χ0) is 24.3. The summed E-state index contributed by atoms with van der Waals surface area (Å²) in [7, 11) is 0. The molecular formula is C31H28IrNO2-. The minimum atomic E-state index is -0.363. The number of allylic oxidation sites excluding steroid dienone is 2. The Balaban J connectivity index is 0.000000378. The van der Waals surface area contributed by atoms with Crippen molar-refractivity contribution >= 4 is 5.78 Å². The zero-order valence-corrected chi connectivity index (χ0v) is 22.7. The van der Waals surface area contributed by atoms with Crippen LogP contribution in [-0.4, -0.2) is 15.9 Å². The maximum Gasteiger partial charge on any atom is 0.155 e. The van der Waals surface area contributed by atoms with Gasteiger partial charge in [0.05, 0.1) is 5.76 Å². The van der Waals surface area contributed by atoms with E-state index in [0.717, 1.165) is 11.3 Å². The summed E-state index contributed by atoms with van der Waals surface area (Å²) in [5.74, 6) is -0.0625. The fraction of sp³-hybridized carbons (Fsp3) is 0.161. The molecule has 0 bridgehead atoms. The standard InChI is InChI=1S/C26H20N.C5H8O2.Ir/c1-18-9-13-20(14-10-18)26(21-15-11-19(2)12-16-21)23-7-4-3-6-22(23)25-24(26)8-5-17-27-25;1-4(6)3-5(2)7;/h3-5,7-17H,1-2H3;3,6H,1-2H3;/q-1;;/b;4-3-;. The molecule has 35 heavy (non-hydrogen) atoms. The number of aromatic nitrogens is 1. The summed E-state index contributed by atoms with van der Waals surface area (Å²) < 4.78 is 0. The first-order chi connectivity index (χ1) is 16.3. The normalized spacial score (nSPS) is 13.0. The maximum absolute atomic E-state index is 10.0. The van der Waals surface area contributed by atoms with Gasteiger partial charge < -0.3 is 10.1 Å². The van der Waals surface area contributed by atoms with E-state index < -0.39 is 0 Å². The summed E-state index contributed by atoms with van der Waals surface area (Å²) in [6, 6.07) is 31.9. The van der Waals surface area contributed by atoms with E-state index in [0.29, 0.717) is 0 Å². The predicted molar refractivity (Wildman–Crippen MR) is 137 cm³/mol. The number of benzene rings is 3. The van der Waals surface area contributed by atoms with Crippen molar-refractivity contribution in [2.75, 3.05) is 0 Å². The van der Waals surface area contributed by atoms with Crippen LogP contribution in [-0.2, 0) is 30.3 Å². The third-order valence-electron chi connectivity index (χ3n) is 6.09. The molecule has 0 spiro atoms. The van der Waals surface area contributed by atoms with Gasteiger partial charge in [0.2, 0.25) is 0 Å². The van der Waals surface area contributed by atoms with Crippen LogP contribution < -0.4 is 0 Å². The Morgan fingerprint density at radius 2 is 1.40 bits per heavy atom. The molecule has 4 heteroatoms. The summed E-state index contributed by atoms with van der Waals surface area (Å²) in [4.78, 5) is 14.8. The Bertz CT molecular complexity index is 1260. The number of carbonyl (C=O) groups excluding carboxylic acids is 1. The summed E-state index contributed by atoms with van der Waals surface area (Å²) in [6.45, 7) is 7.11. The molecule has 0 amide bonds. The van der Waals surface area contributed by atoms with E-state index >= 15 is 0 Å². The fourth-order valence-electron chi connectivity index (χ4n) is 4.69.